The van der Waals surface area contributed by atoms with E-state index >= 15 is 0 Å². The molecule has 11 heteroatoms. The summed E-state index contributed by atoms with van der Waals surface area (Å²) in [6.45, 7) is 1.66. The number of halogens is 1. The molecule has 1 aliphatic heterocycles. The van der Waals surface area contributed by atoms with Gasteiger partial charge in [0.05, 0.1) is 18.7 Å². The van der Waals surface area contributed by atoms with Crippen LogP contribution in [-0.4, -0.2) is 44.1 Å². The summed E-state index contributed by atoms with van der Waals surface area (Å²) in [6.07, 6.45) is 1.26. The van der Waals surface area contributed by atoms with Crippen molar-refractivity contribution in [2.24, 2.45) is 0 Å². The Balaban J connectivity index is 1.76. The Hall–Kier alpha value is -4.05. The van der Waals surface area contributed by atoms with E-state index in [0.29, 0.717) is 17.0 Å². The predicted octanol–water partition coefficient (Wildman–Crippen LogP) is 2.51. The lowest BCUT2D eigenvalue weighted by Gasteiger charge is -2.16. The highest BCUT2D eigenvalue weighted by molar-refractivity contribution is 6.33. The molecule has 0 atom stereocenters. The molecular formula is C22H20ClN3O7. The molecule has 3 N–H and O–H groups in total. The zero-order valence-corrected chi connectivity index (χ0v) is 18.4. The van der Waals surface area contributed by atoms with Crippen LogP contribution in [0.25, 0.3) is 6.08 Å². The summed E-state index contributed by atoms with van der Waals surface area (Å²) in [6, 6.07) is 8.81. The summed E-state index contributed by atoms with van der Waals surface area (Å²) in [5.41, 5.74) is 0.638. The molecule has 1 aliphatic rings. The lowest BCUT2D eigenvalue weighted by Crippen LogP contribution is -2.51. The first-order chi connectivity index (χ1) is 15.8. The SMILES string of the molecule is CCOc1cc(C=C2C(=O)NC(=O)NC2=O)cc(Cl)c1OCC(=O)Nc1ccc(OC)cc1. The van der Waals surface area contributed by atoms with E-state index in [9.17, 15) is 19.2 Å². The smallest absolute Gasteiger partial charge is 0.328 e. The third-order valence-corrected chi connectivity index (χ3v) is 4.59. The highest BCUT2D eigenvalue weighted by atomic mass is 35.5. The van der Waals surface area contributed by atoms with E-state index in [4.69, 9.17) is 25.8 Å². The second-order valence-electron chi connectivity index (χ2n) is 6.62. The molecule has 5 amide bonds. The van der Waals surface area contributed by atoms with Crippen LogP contribution in [0.3, 0.4) is 0 Å². The molecule has 2 aromatic rings. The van der Waals surface area contributed by atoms with Crippen molar-refractivity contribution in [1.29, 1.82) is 0 Å². The van der Waals surface area contributed by atoms with Crippen LogP contribution in [0.4, 0.5) is 10.5 Å². The van der Waals surface area contributed by atoms with Gasteiger partial charge in [-0.15, -0.1) is 0 Å². The van der Waals surface area contributed by atoms with Gasteiger partial charge in [-0.3, -0.25) is 25.0 Å². The van der Waals surface area contributed by atoms with Crippen LogP contribution in [0.1, 0.15) is 12.5 Å². The number of hydrogen-bond donors (Lipinski definition) is 3. The van der Waals surface area contributed by atoms with Crippen molar-refractivity contribution in [2.75, 3.05) is 25.6 Å². The Labute approximate surface area is 193 Å². The number of ether oxygens (including phenoxy) is 3. The summed E-state index contributed by atoms with van der Waals surface area (Å²) in [4.78, 5) is 47.4. The molecule has 0 aromatic heterocycles. The van der Waals surface area contributed by atoms with Crippen LogP contribution < -0.4 is 30.2 Å². The second-order valence-corrected chi connectivity index (χ2v) is 7.03. The number of imide groups is 2. The number of urea groups is 1. The van der Waals surface area contributed by atoms with Gasteiger partial charge in [0.15, 0.2) is 18.1 Å². The van der Waals surface area contributed by atoms with Crippen LogP contribution in [0.15, 0.2) is 42.0 Å². The number of amides is 5. The monoisotopic (exact) mass is 473 g/mol. The fraction of sp³-hybridized carbons (Fsp3) is 0.182. The number of benzene rings is 2. The van der Waals surface area contributed by atoms with Gasteiger partial charge in [0, 0.05) is 5.69 Å². The minimum Gasteiger partial charge on any atom is -0.497 e. The van der Waals surface area contributed by atoms with E-state index in [2.05, 4.69) is 5.32 Å². The third kappa shape index (κ3) is 6.01. The van der Waals surface area contributed by atoms with Crippen molar-refractivity contribution in [1.82, 2.24) is 10.6 Å². The highest BCUT2D eigenvalue weighted by Gasteiger charge is 2.28. The van der Waals surface area contributed by atoms with Crippen molar-refractivity contribution in [3.63, 3.8) is 0 Å². The summed E-state index contributed by atoms with van der Waals surface area (Å²) in [5, 5.41) is 6.75. The summed E-state index contributed by atoms with van der Waals surface area (Å²) >= 11 is 6.33. The minimum absolute atomic E-state index is 0.0951. The minimum atomic E-state index is -0.896. The van der Waals surface area contributed by atoms with Gasteiger partial charge in [-0.1, -0.05) is 11.6 Å². The second kappa shape index (κ2) is 10.5. The lowest BCUT2D eigenvalue weighted by atomic mass is 10.1. The molecule has 0 aliphatic carbocycles. The zero-order valence-electron chi connectivity index (χ0n) is 17.7. The van der Waals surface area contributed by atoms with Crippen molar-refractivity contribution in [3.05, 3.63) is 52.6 Å². The largest absolute Gasteiger partial charge is 0.497 e. The first kappa shape index (κ1) is 23.6. The number of nitrogens with one attached hydrogen (secondary N) is 3. The standard InChI is InChI=1S/C22H20ClN3O7/c1-3-32-17-10-12(8-15-20(28)25-22(30)26-21(15)29)9-16(23)19(17)33-11-18(27)24-13-4-6-14(31-2)7-5-13/h4-10H,3,11H2,1-2H3,(H,24,27)(H2,25,26,28,29,30). The third-order valence-electron chi connectivity index (χ3n) is 4.31. The van der Waals surface area contributed by atoms with E-state index in [-0.39, 0.29) is 35.3 Å². The van der Waals surface area contributed by atoms with Gasteiger partial charge >= 0.3 is 6.03 Å². The number of carbonyl (C=O) groups excluding carboxylic acids is 4. The van der Waals surface area contributed by atoms with Gasteiger partial charge in [-0.2, -0.15) is 0 Å². The molecule has 1 heterocycles. The average Bonchev–Trinajstić information content (AvgIpc) is 2.76. The number of anilines is 1. The van der Waals surface area contributed by atoms with Crippen molar-refractivity contribution >= 4 is 47.1 Å². The topological polar surface area (TPSA) is 132 Å². The van der Waals surface area contributed by atoms with E-state index in [1.54, 1.807) is 38.3 Å². The van der Waals surface area contributed by atoms with Crippen molar-refractivity contribution < 1.29 is 33.4 Å². The average molecular weight is 474 g/mol. The number of rotatable bonds is 8. The van der Waals surface area contributed by atoms with Crippen LogP contribution in [0.2, 0.25) is 5.02 Å². The Bertz CT molecular complexity index is 1110. The number of methoxy groups -OCH3 is 1. The Morgan fingerprint density at radius 3 is 2.33 bits per heavy atom. The van der Waals surface area contributed by atoms with Gasteiger partial charge in [0.1, 0.15) is 11.3 Å². The first-order valence-corrected chi connectivity index (χ1v) is 10.1. The molecule has 172 valence electrons. The number of hydrogen-bond acceptors (Lipinski definition) is 7. The molecule has 0 unspecified atom stereocenters. The first-order valence-electron chi connectivity index (χ1n) is 9.72. The van der Waals surface area contributed by atoms with E-state index in [1.807, 2.05) is 10.6 Å². The molecule has 1 saturated heterocycles. The fourth-order valence-corrected chi connectivity index (χ4v) is 3.13. The maximum absolute atomic E-state index is 12.3. The lowest BCUT2D eigenvalue weighted by molar-refractivity contribution is -0.124. The molecular weight excluding hydrogens is 454 g/mol. The summed E-state index contributed by atoms with van der Waals surface area (Å²) < 4.78 is 16.2. The van der Waals surface area contributed by atoms with Gasteiger partial charge in [-0.25, -0.2) is 4.79 Å². The zero-order chi connectivity index (χ0) is 24.0. The van der Waals surface area contributed by atoms with Gasteiger partial charge in [0.25, 0.3) is 17.7 Å². The maximum Gasteiger partial charge on any atom is 0.328 e. The summed E-state index contributed by atoms with van der Waals surface area (Å²) in [5.74, 6) is -1.12. The highest BCUT2D eigenvalue weighted by Crippen LogP contribution is 2.37. The molecule has 1 fully saturated rings. The van der Waals surface area contributed by atoms with Crippen LogP contribution >= 0.6 is 11.6 Å². The van der Waals surface area contributed by atoms with Crippen LogP contribution in [-0.2, 0) is 14.4 Å². The molecule has 33 heavy (non-hydrogen) atoms. The molecule has 0 radical (unpaired) electrons. The van der Waals surface area contributed by atoms with Crippen molar-refractivity contribution in [3.8, 4) is 17.2 Å². The van der Waals surface area contributed by atoms with Gasteiger partial charge < -0.3 is 19.5 Å². The van der Waals surface area contributed by atoms with E-state index in [1.165, 1.54) is 18.2 Å². The van der Waals surface area contributed by atoms with Gasteiger partial charge in [0.2, 0.25) is 0 Å². The maximum atomic E-state index is 12.3. The molecule has 10 nitrogen and oxygen atoms in total. The van der Waals surface area contributed by atoms with Crippen molar-refractivity contribution in [2.45, 2.75) is 6.92 Å². The Morgan fingerprint density at radius 1 is 1.06 bits per heavy atom. The summed E-state index contributed by atoms with van der Waals surface area (Å²) in [7, 11) is 1.54. The number of barbiturate groups is 1. The normalized spacial score (nSPS) is 13.1. The van der Waals surface area contributed by atoms with Crippen LogP contribution in [0, 0.1) is 0 Å². The van der Waals surface area contributed by atoms with E-state index < -0.39 is 23.8 Å². The molecule has 0 saturated carbocycles. The molecule has 2 aromatic carbocycles. The molecule has 0 spiro atoms. The Kier molecular flexibility index (Phi) is 7.52. The van der Waals surface area contributed by atoms with E-state index in [0.717, 1.165) is 0 Å². The molecule has 0 bridgehead atoms. The predicted molar refractivity (Wildman–Crippen MR) is 119 cm³/mol. The quantitative estimate of drug-likeness (QED) is 0.396. The fourth-order valence-electron chi connectivity index (χ4n) is 2.86. The Morgan fingerprint density at radius 2 is 1.73 bits per heavy atom. The number of carbonyl (C=O) groups is 4. The van der Waals surface area contributed by atoms with Crippen LogP contribution in [0.5, 0.6) is 17.2 Å². The molecule has 3 rings (SSSR count). The van der Waals surface area contributed by atoms with Gasteiger partial charge in [-0.05, 0) is 55.0 Å².